The van der Waals surface area contributed by atoms with Crippen LogP contribution >= 0.6 is 0 Å². The van der Waals surface area contributed by atoms with Gasteiger partial charge in [0.1, 0.15) is 29.0 Å². The Balaban J connectivity index is 0.000000160. The fourth-order valence-electron chi connectivity index (χ4n) is 9.57. The van der Waals surface area contributed by atoms with Crippen LogP contribution in [0.4, 0.5) is 10.1 Å². The van der Waals surface area contributed by atoms with Crippen molar-refractivity contribution in [1.82, 2.24) is 34.7 Å². The number of aryl methyl sites for hydroxylation is 5. The minimum absolute atomic E-state index is 0.0250. The number of anilines is 1. The third-order valence-electron chi connectivity index (χ3n) is 12.8. The summed E-state index contributed by atoms with van der Waals surface area (Å²) in [4.78, 5) is 36.7. The van der Waals surface area contributed by atoms with Gasteiger partial charge in [-0.15, -0.1) is 0 Å². The van der Waals surface area contributed by atoms with Crippen LogP contribution in [0.15, 0.2) is 124 Å². The predicted octanol–water partition coefficient (Wildman–Crippen LogP) is 11.0. The average Bonchev–Trinajstić information content (AvgIpc) is 4.19. The Morgan fingerprint density at radius 3 is 1.68 bits per heavy atom. The van der Waals surface area contributed by atoms with Gasteiger partial charge in [-0.1, -0.05) is 89.2 Å². The third-order valence-corrected chi connectivity index (χ3v) is 12.8. The largest absolute Gasteiger partial charge is 0.361 e. The number of imidazole rings is 2. The van der Waals surface area contributed by atoms with E-state index in [1.165, 1.54) is 11.6 Å². The molecule has 66 heavy (non-hydrogen) atoms. The van der Waals surface area contributed by atoms with Crippen LogP contribution in [0, 0.1) is 40.4 Å². The van der Waals surface area contributed by atoms with Crippen LogP contribution < -0.4 is 10.2 Å². The van der Waals surface area contributed by atoms with Crippen molar-refractivity contribution in [3.05, 3.63) is 172 Å². The van der Waals surface area contributed by atoms with Crippen LogP contribution in [0.1, 0.15) is 89.0 Å². The molecule has 0 bridgehead atoms. The van der Waals surface area contributed by atoms with Crippen molar-refractivity contribution in [3.63, 3.8) is 0 Å². The van der Waals surface area contributed by atoms with Crippen molar-refractivity contribution in [3.8, 4) is 22.3 Å². The number of rotatable bonds is 9. The van der Waals surface area contributed by atoms with Gasteiger partial charge in [0, 0.05) is 42.7 Å². The molecule has 2 fully saturated rings. The van der Waals surface area contributed by atoms with Crippen molar-refractivity contribution in [1.29, 1.82) is 0 Å². The highest BCUT2D eigenvalue weighted by Gasteiger charge is 2.37. The van der Waals surface area contributed by atoms with Crippen molar-refractivity contribution < 1.29 is 23.0 Å². The topological polar surface area (TPSA) is 137 Å². The number of nitrogens with one attached hydrogen (secondary N) is 1. The summed E-state index contributed by atoms with van der Waals surface area (Å²) in [5, 5.41) is 11.2. The van der Waals surface area contributed by atoms with Gasteiger partial charge in [-0.25, -0.2) is 14.4 Å². The summed E-state index contributed by atoms with van der Waals surface area (Å²) in [6.45, 7) is 10.7. The fourth-order valence-corrected chi connectivity index (χ4v) is 9.57. The van der Waals surface area contributed by atoms with E-state index in [4.69, 9.17) is 19.0 Å². The maximum atomic E-state index is 14.5. The van der Waals surface area contributed by atoms with Crippen molar-refractivity contribution in [2.24, 2.45) is 0 Å². The number of amides is 2. The molecule has 2 aliphatic heterocycles. The summed E-state index contributed by atoms with van der Waals surface area (Å²) in [6, 6.07) is 37.6. The first kappa shape index (κ1) is 42.3. The maximum absolute atomic E-state index is 14.5. The second kappa shape index (κ2) is 17.4. The summed E-state index contributed by atoms with van der Waals surface area (Å²) in [6.07, 6.45) is 2.32. The average molecular weight is 881 g/mol. The van der Waals surface area contributed by atoms with Gasteiger partial charge in [-0.05, 0) is 112 Å². The molecule has 0 unspecified atom stereocenters. The molecule has 4 aromatic heterocycles. The van der Waals surface area contributed by atoms with Gasteiger partial charge in [0.05, 0.1) is 45.5 Å². The smallest absolute Gasteiger partial charge is 0.227 e. The molecule has 0 aliphatic carbocycles. The quantitative estimate of drug-likeness (QED) is 0.151. The summed E-state index contributed by atoms with van der Waals surface area (Å²) < 4.78 is 29.6. The normalized spacial score (nSPS) is 16.1. The van der Waals surface area contributed by atoms with Gasteiger partial charge < -0.3 is 28.4 Å². The van der Waals surface area contributed by atoms with Gasteiger partial charge in [0.15, 0.2) is 0 Å². The molecule has 0 spiro atoms. The molecular formula is C53H49FN8O4. The highest BCUT2D eigenvalue weighted by molar-refractivity contribution is 5.96. The molecule has 1 N–H and O–H groups in total. The number of fused-ring (bicyclic) bond motifs is 2. The molecule has 2 atom stereocenters. The molecule has 5 aromatic carbocycles. The second-order valence-electron chi connectivity index (χ2n) is 17.3. The zero-order valence-corrected chi connectivity index (χ0v) is 37.5. The molecule has 332 valence electrons. The van der Waals surface area contributed by atoms with E-state index in [0.29, 0.717) is 43.6 Å². The molecule has 11 rings (SSSR count). The van der Waals surface area contributed by atoms with Crippen LogP contribution in [0.25, 0.3) is 44.3 Å². The van der Waals surface area contributed by atoms with Gasteiger partial charge in [0.25, 0.3) is 0 Å². The summed E-state index contributed by atoms with van der Waals surface area (Å²) in [7, 11) is 0. The summed E-state index contributed by atoms with van der Waals surface area (Å²) >= 11 is 0. The minimum atomic E-state index is -0.321. The Morgan fingerprint density at radius 1 is 0.636 bits per heavy atom. The van der Waals surface area contributed by atoms with Crippen LogP contribution in [-0.4, -0.2) is 41.2 Å². The summed E-state index contributed by atoms with van der Waals surface area (Å²) in [5.41, 5.74) is 12.9. The number of hydrogen-bond acceptors (Lipinski definition) is 8. The van der Waals surface area contributed by atoms with Crippen molar-refractivity contribution in [2.75, 3.05) is 4.90 Å². The van der Waals surface area contributed by atoms with Crippen LogP contribution in [0.5, 0.6) is 0 Å². The standard InChI is InChI=1S/C30H27FN4O2.C23H22N4O2/c1-18-9-11-23(16-24(18)31)35-27(13-14-28(35)36)30-32-25-15-22(29-19(2)33-37-20(29)3)10-12-26(25)34(30)17-21-7-5-4-6-8-21;1-14-22(15(2)29-26-14)17-8-10-20-19(12-17)25-23(18-9-11-21(28)24-18)27(20)13-16-6-4-3-5-7-16/h4-12,15-16,27H,13-14,17H2,1-3H3;3-8,10,12,18H,9,11,13H2,1-2H3,(H,24,28)/t27-;18-/m00/s1. The Bertz CT molecular complexity index is 3240. The third kappa shape index (κ3) is 7.94. The maximum Gasteiger partial charge on any atom is 0.227 e. The molecule has 9 aromatic rings. The minimum Gasteiger partial charge on any atom is -0.361 e. The lowest BCUT2D eigenvalue weighted by Crippen LogP contribution is -2.29. The van der Waals surface area contributed by atoms with Gasteiger partial charge in [-0.3, -0.25) is 9.59 Å². The first-order valence-corrected chi connectivity index (χ1v) is 22.3. The first-order valence-electron chi connectivity index (χ1n) is 22.3. The number of carbonyl (C=O) groups excluding carboxylic acids is 2. The summed E-state index contributed by atoms with van der Waals surface area (Å²) in [5.74, 6) is 3.00. The van der Waals surface area contributed by atoms with Crippen LogP contribution in [0.2, 0.25) is 0 Å². The lowest BCUT2D eigenvalue weighted by Gasteiger charge is -2.25. The van der Waals surface area contributed by atoms with Gasteiger partial charge in [0.2, 0.25) is 11.8 Å². The van der Waals surface area contributed by atoms with Crippen LogP contribution in [-0.2, 0) is 22.7 Å². The highest BCUT2D eigenvalue weighted by Crippen LogP contribution is 2.40. The Kier molecular flexibility index (Phi) is 11.1. The number of carbonyl (C=O) groups is 2. The molecule has 2 amide bonds. The SMILES string of the molecule is Cc1ccc(N2C(=O)CC[C@H]2c2nc3cc(-c4c(C)noc4C)ccc3n2Cc2ccccc2)cc1F.Cc1noc(C)c1-c1ccc2c(c1)nc([C@@H]1CCC(=O)N1)n2Cc1ccccc1. The van der Waals surface area contributed by atoms with E-state index in [0.717, 1.165) is 90.9 Å². The molecule has 0 radical (unpaired) electrons. The highest BCUT2D eigenvalue weighted by atomic mass is 19.1. The molecule has 2 saturated heterocycles. The predicted molar refractivity (Wildman–Crippen MR) is 251 cm³/mol. The Hall–Kier alpha value is -7.67. The van der Waals surface area contributed by atoms with E-state index in [-0.39, 0.29) is 29.7 Å². The van der Waals surface area contributed by atoms with E-state index >= 15 is 0 Å². The Morgan fingerprint density at radius 2 is 1.18 bits per heavy atom. The molecule has 0 saturated carbocycles. The van der Waals surface area contributed by atoms with E-state index < -0.39 is 0 Å². The number of halogens is 1. The number of hydrogen-bond donors (Lipinski definition) is 1. The molecule has 6 heterocycles. The second-order valence-corrected chi connectivity index (χ2v) is 17.3. The van der Waals surface area contributed by atoms with E-state index in [9.17, 15) is 14.0 Å². The van der Waals surface area contributed by atoms with Crippen molar-refractivity contribution >= 4 is 39.6 Å². The number of benzene rings is 5. The fraction of sp³-hybridized carbons (Fsp3) is 0.245. The zero-order valence-electron chi connectivity index (χ0n) is 37.5. The van der Waals surface area contributed by atoms with Gasteiger partial charge in [-0.2, -0.15) is 0 Å². The zero-order chi connectivity index (χ0) is 45.6. The number of aromatic nitrogens is 6. The molecule has 2 aliphatic rings. The van der Waals surface area contributed by atoms with Crippen LogP contribution in [0.3, 0.4) is 0 Å². The van der Waals surface area contributed by atoms with Crippen molar-refractivity contribution in [2.45, 2.75) is 85.5 Å². The lowest BCUT2D eigenvalue weighted by atomic mass is 10.0. The first-order chi connectivity index (χ1) is 32.0. The van der Waals surface area contributed by atoms with E-state index in [1.54, 1.807) is 17.9 Å². The molecule has 13 heteroatoms. The monoisotopic (exact) mass is 880 g/mol. The number of nitrogens with zero attached hydrogens (tertiary/aromatic N) is 7. The lowest BCUT2D eigenvalue weighted by molar-refractivity contribution is -0.119. The van der Waals surface area contributed by atoms with E-state index in [1.807, 2.05) is 70.2 Å². The Labute approximate surface area is 381 Å². The van der Waals surface area contributed by atoms with Gasteiger partial charge >= 0.3 is 0 Å². The molecular weight excluding hydrogens is 832 g/mol. The van der Waals surface area contributed by atoms with E-state index in [2.05, 4.69) is 85.4 Å². The molecule has 12 nitrogen and oxygen atoms in total.